The molecule has 7 nitrogen and oxygen atoms in total. The Morgan fingerprint density at radius 1 is 1.12 bits per heavy atom. The number of hydrogen-bond donors (Lipinski definition) is 1. The van der Waals surface area contributed by atoms with E-state index in [1.807, 2.05) is 0 Å². The number of ether oxygens (including phenoxy) is 1. The lowest BCUT2D eigenvalue weighted by Crippen LogP contribution is -2.56. The predicted molar refractivity (Wildman–Crippen MR) is 123 cm³/mol. The third kappa shape index (κ3) is 5.30. The van der Waals surface area contributed by atoms with Crippen molar-refractivity contribution in [2.45, 2.75) is 49.5 Å². The SMILES string of the molecule is CCOC(=O)C1(NC(=O)c2cc(S(=O)(=O)N(C)c3ccc(F)cc3)ccc2Cl)CCCCC1. The molecule has 1 N–H and O–H groups in total. The molecule has 1 aliphatic rings. The number of rotatable bonds is 7. The minimum atomic E-state index is -4.07. The van der Waals surface area contributed by atoms with Crippen molar-refractivity contribution in [2.24, 2.45) is 0 Å². The first kappa shape index (κ1) is 25.0. The van der Waals surface area contributed by atoms with Crippen LogP contribution in [0.15, 0.2) is 47.4 Å². The van der Waals surface area contributed by atoms with Crippen LogP contribution < -0.4 is 9.62 Å². The summed E-state index contributed by atoms with van der Waals surface area (Å²) in [4.78, 5) is 25.7. The van der Waals surface area contributed by atoms with Crippen LogP contribution >= 0.6 is 11.6 Å². The molecule has 0 bridgehead atoms. The lowest BCUT2D eigenvalue weighted by Gasteiger charge is -2.35. The van der Waals surface area contributed by atoms with Gasteiger partial charge in [0.2, 0.25) is 0 Å². The summed E-state index contributed by atoms with van der Waals surface area (Å²) in [5, 5.41) is 2.82. The van der Waals surface area contributed by atoms with Crippen molar-refractivity contribution in [1.82, 2.24) is 5.32 Å². The normalized spacial score (nSPS) is 15.5. The number of carbonyl (C=O) groups excluding carboxylic acids is 2. The summed E-state index contributed by atoms with van der Waals surface area (Å²) in [6.07, 6.45) is 3.32. The summed E-state index contributed by atoms with van der Waals surface area (Å²) < 4.78 is 45.7. The van der Waals surface area contributed by atoms with E-state index in [-0.39, 0.29) is 27.8 Å². The second kappa shape index (κ2) is 10.1. The molecule has 10 heteroatoms. The van der Waals surface area contributed by atoms with Crippen molar-refractivity contribution in [3.8, 4) is 0 Å². The Balaban J connectivity index is 1.92. The smallest absolute Gasteiger partial charge is 0.331 e. The molecule has 1 saturated carbocycles. The molecule has 178 valence electrons. The average Bonchev–Trinajstić information content (AvgIpc) is 2.80. The van der Waals surface area contributed by atoms with E-state index in [9.17, 15) is 22.4 Å². The molecule has 1 fully saturated rings. The van der Waals surface area contributed by atoms with Gasteiger partial charge in [-0.1, -0.05) is 30.9 Å². The maximum Gasteiger partial charge on any atom is 0.331 e. The lowest BCUT2D eigenvalue weighted by atomic mass is 9.81. The van der Waals surface area contributed by atoms with E-state index in [4.69, 9.17) is 16.3 Å². The predicted octanol–water partition coefficient (Wildman–Crippen LogP) is 4.30. The Bertz CT molecular complexity index is 1130. The fourth-order valence-corrected chi connectivity index (χ4v) is 5.30. The number of esters is 1. The van der Waals surface area contributed by atoms with Gasteiger partial charge in [-0.25, -0.2) is 17.6 Å². The summed E-state index contributed by atoms with van der Waals surface area (Å²) in [5.41, 5.74) is -0.991. The van der Waals surface area contributed by atoms with Gasteiger partial charge in [0.15, 0.2) is 0 Å². The molecule has 0 heterocycles. The van der Waals surface area contributed by atoms with Crippen LogP contribution in [0.25, 0.3) is 0 Å². The maximum atomic E-state index is 13.2. The molecule has 1 aliphatic carbocycles. The Labute approximate surface area is 197 Å². The Kier molecular flexibility index (Phi) is 7.64. The fourth-order valence-electron chi connectivity index (χ4n) is 3.88. The molecule has 2 aromatic rings. The highest BCUT2D eigenvalue weighted by molar-refractivity contribution is 7.92. The molecule has 0 saturated heterocycles. The van der Waals surface area contributed by atoms with Crippen molar-refractivity contribution in [2.75, 3.05) is 18.0 Å². The first-order valence-electron chi connectivity index (χ1n) is 10.6. The third-order valence-corrected chi connectivity index (χ3v) is 7.87. The monoisotopic (exact) mass is 496 g/mol. The second-order valence-corrected chi connectivity index (χ2v) is 10.3. The molecule has 33 heavy (non-hydrogen) atoms. The zero-order chi connectivity index (χ0) is 24.2. The number of benzene rings is 2. The largest absolute Gasteiger partial charge is 0.464 e. The summed E-state index contributed by atoms with van der Waals surface area (Å²) >= 11 is 6.23. The van der Waals surface area contributed by atoms with E-state index < -0.39 is 33.3 Å². The maximum absolute atomic E-state index is 13.2. The van der Waals surface area contributed by atoms with Gasteiger partial charge in [0.25, 0.3) is 15.9 Å². The van der Waals surface area contributed by atoms with Crippen molar-refractivity contribution < 1.29 is 27.1 Å². The summed E-state index contributed by atoms with van der Waals surface area (Å²) in [6, 6.07) is 8.76. The van der Waals surface area contributed by atoms with E-state index in [1.54, 1.807) is 6.92 Å². The molecule has 0 atom stereocenters. The average molecular weight is 497 g/mol. The van der Waals surface area contributed by atoms with Gasteiger partial charge in [0.05, 0.1) is 27.8 Å². The molecule has 0 radical (unpaired) electrons. The van der Waals surface area contributed by atoms with Crippen molar-refractivity contribution in [1.29, 1.82) is 0 Å². The van der Waals surface area contributed by atoms with Gasteiger partial charge < -0.3 is 10.1 Å². The van der Waals surface area contributed by atoms with Gasteiger partial charge in [0, 0.05) is 7.05 Å². The number of carbonyl (C=O) groups is 2. The highest BCUT2D eigenvalue weighted by Crippen LogP contribution is 2.31. The van der Waals surface area contributed by atoms with E-state index in [1.165, 1.54) is 37.4 Å². The topological polar surface area (TPSA) is 92.8 Å². The first-order chi connectivity index (χ1) is 15.6. The zero-order valence-corrected chi connectivity index (χ0v) is 20.0. The molecular formula is C23H26ClFN2O5S. The van der Waals surface area contributed by atoms with Gasteiger partial charge in [0.1, 0.15) is 11.4 Å². The van der Waals surface area contributed by atoms with E-state index in [2.05, 4.69) is 5.32 Å². The van der Waals surface area contributed by atoms with Crippen LogP contribution in [-0.2, 0) is 19.6 Å². The third-order valence-electron chi connectivity index (χ3n) is 5.76. The van der Waals surface area contributed by atoms with Gasteiger partial charge >= 0.3 is 5.97 Å². The minimum Gasteiger partial charge on any atom is -0.464 e. The van der Waals surface area contributed by atoms with Crippen LogP contribution in [0, 0.1) is 5.82 Å². The Morgan fingerprint density at radius 2 is 1.76 bits per heavy atom. The number of amides is 1. The minimum absolute atomic E-state index is 0.0469. The van der Waals surface area contributed by atoms with Crippen molar-refractivity contribution in [3.63, 3.8) is 0 Å². The lowest BCUT2D eigenvalue weighted by molar-refractivity contribution is -0.152. The zero-order valence-electron chi connectivity index (χ0n) is 18.4. The van der Waals surface area contributed by atoms with E-state index in [0.29, 0.717) is 12.8 Å². The van der Waals surface area contributed by atoms with E-state index >= 15 is 0 Å². The van der Waals surface area contributed by atoms with Crippen molar-refractivity contribution >= 4 is 39.2 Å². The number of halogens is 2. The van der Waals surface area contributed by atoms with Crippen LogP contribution in [0.1, 0.15) is 49.4 Å². The second-order valence-electron chi connectivity index (χ2n) is 7.91. The number of hydrogen-bond acceptors (Lipinski definition) is 5. The molecule has 0 aromatic heterocycles. The quantitative estimate of drug-likeness (QED) is 0.577. The molecule has 3 rings (SSSR count). The van der Waals surface area contributed by atoms with Gasteiger partial charge in [-0.3, -0.25) is 9.10 Å². The molecule has 0 spiro atoms. The summed E-state index contributed by atoms with van der Waals surface area (Å²) in [6.45, 7) is 1.87. The van der Waals surface area contributed by atoms with Gasteiger partial charge in [-0.2, -0.15) is 0 Å². The van der Waals surface area contributed by atoms with Crippen LogP contribution in [0.3, 0.4) is 0 Å². The Hall–Kier alpha value is -2.65. The van der Waals surface area contributed by atoms with Crippen LogP contribution in [0.4, 0.5) is 10.1 Å². The van der Waals surface area contributed by atoms with Crippen LogP contribution in [0.5, 0.6) is 0 Å². The molecular weight excluding hydrogens is 471 g/mol. The van der Waals surface area contributed by atoms with Crippen LogP contribution in [0.2, 0.25) is 5.02 Å². The summed E-state index contributed by atoms with van der Waals surface area (Å²) in [7, 11) is -2.74. The molecule has 2 aromatic carbocycles. The standard InChI is InChI=1S/C23H26ClFN2O5S/c1-3-32-22(29)23(13-5-4-6-14-23)26-21(28)19-15-18(11-12-20(19)24)33(30,31)27(2)17-9-7-16(25)8-10-17/h7-12,15H,3-6,13-14H2,1-2H3,(H,26,28). The summed E-state index contributed by atoms with van der Waals surface area (Å²) in [5.74, 6) is -1.65. The number of nitrogens with zero attached hydrogens (tertiary/aromatic N) is 1. The fraction of sp³-hybridized carbons (Fsp3) is 0.391. The molecule has 0 aliphatic heterocycles. The number of anilines is 1. The molecule has 1 amide bonds. The Morgan fingerprint density at radius 3 is 2.36 bits per heavy atom. The van der Waals surface area contributed by atoms with Gasteiger partial charge in [-0.15, -0.1) is 0 Å². The first-order valence-corrected chi connectivity index (χ1v) is 12.5. The molecule has 0 unspecified atom stereocenters. The van der Waals surface area contributed by atoms with E-state index in [0.717, 1.165) is 35.7 Å². The highest BCUT2D eigenvalue weighted by Gasteiger charge is 2.42. The van der Waals surface area contributed by atoms with Gasteiger partial charge in [-0.05, 0) is 62.2 Å². The highest BCUT2D eigenvalue weighted by atomic mass is 35.5. The number of nitrogens with one attached hydrogen (secondary N) is 1. The number of sulfonamides is 1. The van der Waals surface area contributed by atoms with Crippen molar-refractivity contribution in [3.05, 3.63) is 58.9 Å². The van der Waals surface area contributed by atoms with Crippen LogP contribution in [-0.4, -0.2) is 39.5 Å².